The van der Waals surface area contributed by atoms with Crippen LogP contribution >= 0.6 is 15.9 Å². The Balaban J connectivity index is 2.42. The average molecular weight is 339 g/mol. The first-order valence-corrected chi connectivity index (χ1v) is 6.89. The molecule has 2 N–H and O–H groups in total. The summed E-state index contributed by atoms with van der Waals surface area (Å²) in [6, 6.07) is 5.03. The first-order chi connectivity index (χ1) is 9.43. The van der Waals surface area contributed by atoms with Crippen molar-refractivity contribution in [2.24, 2.45) is 5.73 Å². The van der Waals surface area contributed by atoms with E-state index in [1.807, 2.05) is 13.8 Å². The third kappa shape index (κ3) is 2.73. The van der Waals surface area contributed by atoms with Crippen molar-refractivity contribution in [2.75, 3.05) is 0 Å². The molecule has 0 aliphatic heterocycles. The molecule has 20 heavy (non-hydrogen) atoms. The second-order valence-electron chi connectivity index (χ2n) is 4.54. The van der Waals surface area contributed by atoms with Gasteiger partial charge in [0.05, 0.1) is 22.7 Å². The number of halogens is 1. The molecule has 2 aromatic rings. The number of aryl methyl sites for hydroxylation is 1. The molecule has 0 fully saturated rings. The predicted molar refractivity (Wildman–Crippen MR) is 79.5 cm³/mol. The molecule has 0 bridgehead atoms. The summed E-state index contributed by atoms with van der Waals surface area (Å²) in [7, 11) is 0. The summed E-state index contributed by atoms with van der Waals surface area (Å²) in [5.74, 6) is 0. The Morgan fingerprint density at radius 3 is 2.70 bits per heavy atom. The maximum Gasteiger partial charge on any atom is 0.275 e. The molecule has 1 heterocycles. The fourth-order valence-electron chi connectivity index (χ4n) is 2.19. The molecule has 0 spiro atoms. The van der Waals surface area contributed by atoms with Crippen molar-refractivity contribution in [1.82, 2.24) is 9.78 Å². The lowest BCUT2D eigenvalue weighted by atomic mass is 10.1. The van der Waals surface area contributed by atoms with Gasteiger partial charge in [0.25, 0.3) is 5.69 Å². The molecule has 0 unspecified atom stereocenters. The molecule has 1 aromatic heterocycles. The van der Waals surface area contributed by atoms with Gasteiger partial charge in [-0.25, -0.2) is 0 Å². The number of nitrogens with two attached hydrogens (primary N) is 1. The van der Waals surface area contributed by atoms with Crippen LogP contribution in [-0.4, -0.2) is 14.7 Å². The quantitative estimate of drug-likeness (QED) is 0.685. The lowest BCUT2D eigenvalue weighted by Crippen LogP contribution is -2.07. The van der Waals surface area contributed by atoms with E-state index in [4.69, 9.17) is 5.73 Å². The molecule has 0 saturated carbocycles. The Hall–Kier alpha value is -1.73. The van der Waals surface area contributed by atoms with Crippen LogP contribution in [0.2, 0.25) is 0 Å². The Morgan fingerprint density at radius 2 is 2.15 bits per heavy atom. The van der Waals surface area contributed by atoms with E-state index in [9.17, 15) is 10.1 Å². The molecule has 7 heteroatoms. The van der Waals surface area contributed by atoms with Crippen molar-refractivity contribution in [1.29, 1.82) is 0 Å². The van der Waals surface area contributed by atoms with Crippen LogP contribution in [0.1, 0.15) is 22.5 Å². The van der Waals surface area contributed by atoms with Gasteiger partial charge in [0.2, 0.25) is 0 Å². The fraction of sp³-hybridized carbons (Fsp3) is 0.308. The zero-order chi connectivity index (χ0) is 14.9. The summed E-state index contributed by atoms with van der Waals surface area (Å²) in [4.78, 5) is 10.7. The maximum atomic E-state index is 11.1. The van der Waals surface area contributed by atoms with E-state index in [-0.39, 0.29) is 10.6 Å². The minimum Gasteiger partial charge on any atom is -0.326 e. The first-order valence-electron chi connectivity index (χ1n) is 6.09. The van der Waals surface area contributed by atoms with E-state index in [2.05, 4.69) is 21.0 Å². The van der Waals surface area contributed by atoms with Gasteiger partial charge in [-0.2, -0.15) is 5.10 Å². The monoisotopic (exact) mass is 338 g/mol. The second-order valence-corrected chi connectivity index (χ2v) is 5.46. The highest BCUT2D eigenvalue weighted by Gasteiger charge is 2.17. The van der Waals surface area contributed by atoms with E-state index in [1.165, 1.54) is 6.07 Å². The van der Waals surface area contributed by atoms with Gasteiger partial charge in [-0.1, -0.05) is 15.9 Å². The summed E-state index contributed by atoms with van der Waals surface area (Å²) in [5.41, 5.74) is 9.19. The van der Waals surface area contributed by atoms with Crippen LogP contribution in [0.4, 0.5) is 5.69 Å². The minimum absolute atomic E-state index is 0.0845. The lowest BCUT2D eigenvalue weighted by molar-refractivity contribution is -0.385. The number of hydrogen-bond donors (Lipinski definition) is 1. The third-order valence-corrected chi connectivity index (χ3v) is 3.79. The van der Waals surface area contributed by atoms with E-state index >= 15 is 0 Å². The molecule has 0 amide bonds. The molecule has 0 atom stereocenters. The fourth-order valence-corrected chi connectivity index (χ4v) is 2.53. The Morgan fingerprint density at radius 1 is 1.45 bits per heavy atom. The number of nitro benzene ring substituents is 1. The molecular weight excluding hydrogens is 324 g/mol. The average Bonchev–Trinajstić information content (AvgIpc) is 2.66. The van der Waals surface area contributed by atoms with Gasteiger partial charge in [-0.3, -0.25) is 14.8 Å². The molecule has 106 valence electrons. The normalized spacial score (nSPS) is 10.8. The van der Waals surface area contributed by atoms with Crippen LogP contribution in [0.3, 0.4) is 0 Å². The largest absolute Gasteiger partial charge is 0.326 e. The molecule has 2 rings (SSSR count). The number of nitrogens with zero attached hydrogens (tertiary/aromatic N) is 3. The molecule has 0 saturated heterocycles. The highest BCUT2D eigenvalue weighted by molar-refractivity contribution is 9.10. The summed E-state index contributed by atoms with van der Waals surface area (Å²) < 4.78 is 2.44. The van der Waals surface area contributed by atoms with Crippen molar-refractivity contribution in [2.45, 2.75) is 26.9 Å². The van der Waals surface area contributed by atoms with Crippen molar-refractivity contribution in [3.05, 3.63) is 55.3 Å². The van der Waals surface area contributed by atoms with Gasteiger partial charge >= 0.3 is 0 Å². The summed E-state index contributed by atoms with van der Waals surface area (Å²) in [6.45, 7) is 4.59. The second kappa shape index (κ2) is 5.72. The number of hydrogen-bond acceptors (Lipinski definition) is 4. The maximum absolute atomic E-state index is 11.1. The molecule has 0 radical (unpaired) electrons. The van der Waals surface area contributed by atoms with Crippen molar-refractivity contribution in [3.8, 4) is 0 Å². The zero-order valence-electron chi connectivity index (χ0n) is 11.3. The van der Waals surface area contributed by atoms with Crippen molar-refractivity contribution in [3.63, 3.8) is 0 Å². The molecular formula is C13H15BrN4O2. The zero-order valence-corrected chi connectivity index (χ0v) is 12.8. The number of aromatic nitrogens is 2. The third-order valence-electron chi connectivity index (χ3n) is 3.30. The van der Waals surface area contributed by atoms with E-state index in [0.29, 0.717) is 23.1 Å². The predicted octanol–water partition coefficient (Wildman–Crippen LogP) is 2.68. The molecule has 0 aliphatic carbocycles. The van der Waals surface area contributed by atoms with Crippen LogP contribution in [0.25, 0.3) is 0 Å². The summed E-state index contributed by atoms with van der Waals surface area (Å²) in [6.07, 6.45) is 0. The van der Waals surface area contributed by atoms with Crippen LogP contribution in [0.5, 0.6) is 0 Å². The van der Waals surface area contributed by atoms with Crippen LogP contribution in [-0.2, 0) is 13.1 Å². The van der Waals surface area contributed by atoms with E-state index in [1.54, 1.807) is 16.8 Å². The summed E-state index contributed by atoms with van der Waals surface area (Å²) in [5, 5.41) is 15.5. The van der Waals surface area contributed by atoms with Gasteiger partial charge < -0.3 is 5.73 Å². The smallest absolute Gasteiger partial charge is 0.275 e. The van der Waals surface area contributed by atoms with Crippen LogP contribution in [0.15, 0.2) is 22.7 Å². The molecule has 0 aliphatic rings. The van der Waals surface area contributed by atoms with Crippen molar-refractivity contribution < 1.29 is 4.92 Å². The highest BCUT2D eigenvalue weighted by Crippen LogP contribution is 2.25. The Labute approximate surface area is 124 Å². The van der Waals surface area contributed by atoms with Crippen LogP contribution in [0, 0.1) is 24.0 Å². The topological polar surface area (TPSA) is 87.0 Å². The molecule has 1 aromatic carbocycles. The summed E-state index contributed by atoms with van der Waals surface area (Å²) >= 11 is 3.25. The van der Waals surface area contributed by atoms with Gasteiger partial charge in [0, 0.05) is 28.3 Å². The Kier molecular flexibility index (Phi) is 4.20. The number of nitro groups is 1. The SMILES string of the molecule is Cc1nn(Cc2ccc(Br)cc2[N+](=O)[O-])c(C)c1CN. The van der Waals surface area contributed by atoms with E-state index < -0.39 is 0 Å². The van der Waals surface area contributed by atoms with Gasteiger partial charge in [0.1, 0.15) is 0 Å². The highest BCUT2D eigenvalue weighted by atomic mass is 79.9. The van der Waals surface area contributed by atoms with Crippen LogP contribution < -0.4 is 5.73 Å². The minimum atomic E-state index is -0.379. The van der Waals surface area contributed by atoms with Crippen molar-refractivity contribution >= 4 is 21.6 Å². The van der Waals surface area contributed by atoms with E-state index in [0.717, 1.165) is 17.0 Å². The Bertz CT molecular complexity index is 667. The number of benzene rings is 1. The van der Waals surface area contributed by atoms with Gasteiger partial charge in [-0.15, -0.1) is 0 Å². The standard InChI is InChI=1S/C13H15BrN4O2/c1-8-12(6-15)9(2)17(16-8)7-10-3-4-11(14)5-13(10)18(19)20/h3-5H,6-7,15H2,1-2H3. The number of rotatable bonds is 4. The lowest BCUT2D eigenvalue weighted by Gasteiger charge is -2.06. The molecule has 6 nitrogen and oxygen atoms in total. The van der Waals surface area contributed by atoms with Gasteiger partial charge in [-0.05, 0) is 26.0 Å². The van der Waals surface area contributed by atoms with Gasteiger partial charge in [0.15, 0.2) is 0 Å². The first kappa shape index (κ1) is 14.7.